The van der Waals surface area contributed by atoms with E-state index >= 15 is 0 Å². The van der Waals surface area contributed by atoms with E-state index in [-0.39, 0.29) is 0 Å². The number of hydrogen-bond donors (Lipinski definition) is 0. The first kappa shape index (κ1) is 33.8. The van der Waals surface area contributed by atoms with Crippen LogP contribution in [0.1, 0.15) is 171 Å². The van der Waals surface area contributed by atoms with Crippen LogP contribution in [0.25, 0.3) is 0 Å². The van der Waals surface area contributed by atoms with Crippen molar-refractivity contribution in [2.75, 3.05) is 33.2 Å². The first-order valence-electron chi connectivity index (χ1n) is 20.0. The minimum Gasteiger partial charge on any atom is -0.306 e. The van der Waals surface area contributed by atoms with Crippen LogP contribution < -0.4 is 0 Å². The normalized spacial score (nSPS) is 39.9. The van der Waals surface area contributed by atoms with E-state index in [1.165, 1.54) is 103 Å². The predicted molar refractivity (Wildman–Crippen MR) is 190 cm³/mol. The average Bonchev–Trinajstić information content (AvgIpc) is 3.61. The van der Waals surface area contributed by atoms with Crippen LogP contribution in [-0.4, -0.2) is 49.1 Å². The molecular formula is C42H76N2. The van der Waals surface area contributed by atoms with Crippen molar-refractivity contribution in [3.8, 4) is 0 Å². The highest BCUT2D eigenvalue weighted by Gasteiger charge is 2.58. The van der Waals surface area contributed by atoms with Gasteiger partial charge >= 0.3 is 0 Å². The molecule has 0 N–H and O–H groups in total. The first-order chi connectivity index (χ1) is 20.6. The quantitative estimate of drug-likeness (QED) is 0.243. The Morgan fingerprint density at radius 3 is 2.07 bits per heavy atom. The van der Waals surface area contributed by atoms with Crippen LogP contribution in [0.3, 0.4) is 0 Å². The van der Waals surface area contributed by atoms with Gasteiger partial charge in [0.2, 0.25) is 0 Å². The van der Waals surface area contributed by atoms with Crippen molar-refractivity contribution in [1.29, 1.82) is 0 Å². The summed E-state index contributed by atoms with van der Waals surface area (Å²) in [6.07, 6.45) is 27.1. The molecule has 4 aliphatic carbocycles. The molecule has 0 aromatic carbocycles. The zero-order chi connectivity index (χ0) is 31.6. The Hall–Kier alpha value is -0.0800. The van der Waals surface area contributed by atoms with E-state index in [1.54, 1.807) is 38.5 Å². The molecule has 6 rings (SSSR count). The van der Waals surface area contributed by atoms with Gasteiger partial charge in [0, 0.05) is 6.04 Å². The van der Waals surface area contributed by atoms with Crippen LogP contribution >= 0.6 is 0 Å². The molecule has 2 nitrogen and oxygen atoms in total. The zero-order valence-corrected chi connectivity index (χ0v) is 31.3. The summed E-state index contributed by atoms with van der Waals surface area (Å²) in [6.45, 7) is 25.7. The van der Waals surface area contributed by atoms with Gasteiger partial charge in [0.15, 0.2) is 0 Å². The number of rotatable bonds is 10. The summed E-state index contributed by atoms with van der Waals surface area (Å²) in [5.41, 5.74) is 3.65. The molecule has 254 valence electrons. The molecule has 3 spiro atoms. The van der Waals surface area contributed by atoms with Gasteiger partial charge in [-0.25, -0.2) is 0 Å². The van der Waals surface area contributed by atoms with Gasteiger partial charge in [-0.1, -0.05) is 68.2 Å². The molecule has 3 atom stereocenters. The van der Waals surface area contributed by atoms with Gasteiger partial charge in [0.25, 0.3) is 0 Å². The number of nitrogens with zero attached hydrogens (tertiary/aromatic N) is 2. The summed E-state index contributed by atoms with van der Waals surface area (Å²) in [7, 11) is 2.31. The van der Waals surface area contributed by atoms with E-state index in [1.807, 2.05) is 0 Å². The van der Waals surface area contributed by atoms with Crippen LogP contribution in [0.15, 0.2) is 0 Å². The lowest BCUT2D eigenvalue weighted by molar-refractivity contribution is -0.136. The first-order valence-corrected chi connectivity index (χ1v) is 20.0. The van der Waals surface area contributed by atoms with Crippen molar-refractivity contribution >= 4 is 0 Å². The van der Waals surface area contributed by atoms with Crippen LogP contribution in [0.4, 0.5) is 0 Å². The Morgan fingerprint density at radius 2 is 1.41 bits per heavy atom. The third-order valence-corrected chi connectivity index (χ3v) is 15.9. The van der Waals surface area contributed by atoms with Crippen LogP contribution in [-0.2, 0) is 0 Å². The fourth-order valence-corrected chi connectivity index (χ4v) is 12.5. The number of piperidine rings is 2. The Kier molecular flexibility index (Phi) is 9.30. The highest BCUT2D eigenvalue weighted by atomic mass is 15.2. The molecule has 2 heteroatoms. The lowest BCUT2D eigenvalue weighted by Crippen LogP contribution is -2.60. The maximum absolute atomic E-state index is 2.98. The predicted octanol–water partition coefficient (Wildman–Crippen LogP) is 11.2. The largest absolute Gasteiger partial charge is 0.306 e. The van der Waals surface area contributed by atoms with E-state index in [0.29, 0.717) is 27.1 Å². The average molecular weight is 609 g/mol. The molecule has 2 saturated heterocycles. The van der Waals surface area contributed by atoms with E-state index in [9.17, 15) is 0 Å². The Labute approximate surface area is 275 Å². The summed E-state index contributed by atoms with van der Waals surface area (Å²) in [5, 5.41) is 0. The van der Waals surface area contributed by atoms with Gasteiger partial charge in [-0.15, -0.1) is 0 Å². The van der Waals surface area contributed by atoms with Crippen molar-refractivity contribution in [3.63, 3.8) is 0 Å². The van der Waals surface area contributed by atoms with Gasteiger partial charge < -0.3 is 9.80 Å². The van der Waals surface area contributed by atoms with E-state index in [2.05, 4.69) is 72.2 Å². The molecule has 3 unspecified atom stereocenters. The third-order valence-electron chi connectivity index (χ3n) is 15.9. The molecular weight excluding hydrogens is 532 g/mol. The Bertz CT molecular complexity index is 964. The van der Waals surface area contributed by atoms with Gasteiger partial charge in [0.1, 0.15) is 0 Å². The van der Waals surface area contributed by atoms with E-state index < -0.39 is 0 Å². The van der Waals surface area contributed by atoms with Crippen molar-refractivity contribution in [2.45, 2.75) is 177 Å². The smallest absolute Gasteiger partial charge is 0.0134 e. The third kappa shape index (κ3) is 7.03. The fraction of sp³-hybridized carbons (Fsp3) is 1.00. The molecule has 2 heterocycles. The SMILES string of the molecule is CCN1CCC2(CC1C1CCCCC13CC(CC(C)(C)C)C3)CC(C(C)(C)CCC(C)(C)CCC1CC13CCN(C)CC3)C2. The molecule has 4 saturated carbocycles. The zero-order valence-electron chi connectivity index (χ0n) is 31.3. The maximum Gasteiger partial charge on any atom is 0.0134 e. The maximum atomic E-state index is 2.98. The van der Waals surface area contributed by atoms with Gasteiger partial charge in [0.05, 0.1) is 0 Å². The summed E-state index contributed by atoms with van der Waals surface area (Å²) in [4.78, 5) is 5.53. The van der Waals surface area contributed by atoms with Crippen molar-refractivity contribution < 1.29 is 0 Å². The fourth-order valence-electron chi connectivity index (χ4n) is 12.5. The van der Waals surface area contributed by atoms with Crippen LogP contribution in [0, 0.1) is 56.2 Å². The Morgan fingerprint density at radius 1 is 0.705 bits per heavy atom. The van der Waals surface area contributed by atoms with Gasteiger partial charge in [-0.3, -0.25) is 0 Å². The van der Waals surface area contributed by atoms with E-state index in [4.69, 9.17) is 0 Å². The van der Waals surface area contributed by atoms with Crippen molar-refractivity contribution in [1.82, 2.24) is 9.80 Å². The monoisotopic (exact) mass is 609 g/mol. The minimum absolute atomic E-state index is 0.496. The second kappa shape index (κ2) is 12.1. The molecule has 6 aliphatic rings. The Balaban J connectivity index is 1.00. The molecule has 6 fully saturated rings. The summed E-state index contributed by atoms with van der Waals surface area (Å²) >= 11 is 0. The second-order valence-corrected chi connectivity index (χ2v) is 21.3. The van der Waals surface area contributed by atoms with Crippen molar-refractivity contribution in [3.05, 3.63) is 0 Å². The standard InChI is InChI=1S/C42H76N2/c1-10-44-24-19-40(31-36(44)35-13-11-12-15-42(35)26-32(27-42)25-37(2,3)4)28-34(29-40)39(7,8)18-17-38(5,6)16-14-33-30-41(33)20-22-43(9)23-21-41/h32-36H,10-31H2,1-9H3. The molecule has 0 amide bonds. The number of hydrogen-bond acceptors (Lipinski definition) is 2. The second-order valence-electron chi connectivity index (χ2n) is 21.3. The summed E-state index contributed by atoms with van der Waals surface area (Å²) in [6, 6.07) is 0.878. The summed E-state index contributed by atoms with van der Waals surface area (Å²) in [5.74, 6) is 3.99. The number of likely N-dealkylation sites (tertiary alicyclic amines) is 2. The highest BCUT2D eigenvalue weighted by molar-refractivity contribution is 5.10. The molecule has 0 aromatic heterocycles. The molecule has 0 radical (unpaired) electrons. The van der Waals surface area contributed by atoms with Crippen molar-refractivity contribution in [2.24, 2.45) is 56.2 Å². The molecule has 0 bridgehead atoms. The lowest BCUT2D eigenvalue weighted by atomic mass is 9.45. The lowest BCUT2D eigenvalue weighted by Gasteiger charge is -2.64. The van der Waals surface area contributed by atoms with Crippen LogP contribution in [0.2, 0.25) is 0 Å². The molecule has 0 aromatic rings. The molecule has 44 heavy (non-hydrogen) atoms. The van der Waals surface area contributed by atoms with Gasteiger partial charge in [-0.05, 0) is 192 Å². The minimum atomic E-state index is 0.496. The summed E-state index contributed by atoms with van der Waals surface area (Å²) < 4.78 is 0. The highest BCUT2D eigenvalue weighted by Crippen LogP contribution is 2.66. The topological polar surface area (TPSA) is 6.48 Å². The van der Waals surface area contributed by atoms with Crippen LogP contribution in [0.5, 0.6) is 0 Å². The van der Waals surface area contributed by atoms with E-state index in [0.717, 1.165) is 35.1 Å². The van der Waals surface area contributed by atoms with Gasteiger partial charge in [-0.2, -0.15) is 0 Å². The molecule has 2 aliphatic heterocycles.